The number of aromatic nitrogens is 2. The molecule has 0 aliphatic rings. The summed E-state index contributed by atoms with van der Waals surface area (Å²) in [5.41, 5.74) is 5.68. The Bertz CT molecular complexity index is 325. The lowest BCUT2D eigenvalue weighted by Gasteiger charge is -2.14. The molecule has 3 atom stereocenters. The van der Waals surface area contributed by atoms with Crippen molar-refractivity contribution < 1.29 is 14.4 Å². The molecule has 0 radical (unpaired) electrons. The minimum absolute atomic E-state index is 0.223. The Labute approximate surface area is 94.8 Å². The molecule has 0 bridgehead atoms. The minimum atomic E-state index is -0.728. The fraction of sp³-hybridized carbons (Fsp3) is 0.800. The third-order valence-corrected chi connectivity index (χ3v) is 2.38. The van der Waals surface area contributed by atoms with Crippen molar-refractivity contribution in [3.05, 3.63) is 11.7 Å². The SMILES string of the molecule is COC(c1noc(C(N)C(C)O)n1)C(C)C. The molecule has 92 valence electrons. The third-order valence-electron chi connectivity index (χ3n) is 2.38. The largest absolute Gasteiger partial charge is 0.391 e. The Balaban J connectivity index is 2.85. The van der Waals surface area contributed by atoms with Gasteiger partial charge in [0.15, 0.2) is 0 Å². The van der Waals surface area contributed by atoms with Crippen molar-refractivity contribution in [2.75, 3.05) is 7.11 Å². The highest BCUT2D eigenvalue weighted by Crippen LogP contribution is 2.23. The minimum Gasteiger partial charge on any atom is -0.391 e. The zero-order valence-corrected chi connectivity index (χ0v) is 10.0. The Morgan fingerprint density at radius 2 is 2.00 bits per heavy atom. The van der Waals surface area contributed by atoms with Gasteiger partial charge in [-0.1, -0.05) is 19.0 Å². The summed E-state index contributed by atoms with van der Waals surface area (Å²) in [5, 5.41) is 13.1. The monoisotopic (exact) mass is 229 g/mol. The third kappa shape index (κ3) is 2.78. The first-order chi connectivity index (χ1) is 7.47. The van der Waals surface area contributed by atoms with Crippen LogP contribution in [-0.4, -0.2) is 28.5 Å². The summed E-state index contributed by atoms with van der Waals surface area (Å²) in [5.74, 6) is 0.925. The first kappa shape index (κ1) is 13.1. The highest BCUT2D eigenvalue weighted by Gasteiger charge is 2.25. The first-order valence-corrected chi connectivity index (χ1v) is 5.27. The van der Waals surface area contributed by atoms with Crippen molar-refractivity contribution in [3.8, 4) is 0 Å². The number of hydrogen-bond acceptors (Lipinski definition) is 6. The average Bonchev–Trinajstić information content (AvgIpc) is 2.66. The van der Waals surface area contributed by atoms with Crippen LogP contribution < -0.4 is 5.73 Å². The van der Waals surface area contributed by atoms with Crippen molar-refractivity contribution in [2.24, 2.45) is 11.7 Å². The van der Waals surface area contributed by atoms with Crippen LogP contribution >= 0.6 is 0 Å². The number of methoxy groups -OCH3 is 1. The lowest BCUT2D eigenvalue weighted by Crippen LogP contribution is -2.23. The van der Waals surface area contributed by atoms with E-state index in [0.29, 0.717) is 5.82 Å². The van der Waals surface area contributed by atoms with E-state index in [1.165, 1.54) is 0 Å². The molecule has 6 heteroatoms. The highest BCUT2D eigenvalue weighted by atomic mass is 16.5. The molecule has 0 fully saturated rings. The van der Waals surface area contributed by atoms with Gasteiger partial charge in [0, 0.05) is 7.11 Å². The molecule has 6 nitrogen and oxygen atoms in total. The summed E-state index contributed by atoms with van der Waals surface area (Å²) in [6, 6.07) is -0.661. The van der Waals surface area contributed by atoms with Gasteiger partial charge in [0.05, 0.1) is 6.10 Å². The number of aliphatic hydroxyl groups is 1. The molecular formula is C10H19N3O3. The predicted molar refractivity (Wildman–Crippen MR) is 57.5 cm³/mol. The molecule has 3 N–H and O–H groups in total. The predicted octanol–water partition coefficient (Wildman–Crippen LogP) is 0.794. The van der Waals surface area contributed by atoms with Crippen molar-refractivity contribution in [2.45, 2.75) is 39.0 Å². The van der Waals surface area contributed by atoms with Crippen LogP contribution in [0.2, 0.25) is 0 Å². The van der Waals surface area contributed by atoms with E-state index >= 15 is 0 Å². The number of rotatable bonds is 5. The van der Waals surface area contributed by atoms with Gasteiger partial charge in [0.1, 0.15) is 12.1 Å². The molecule has 0 saturated carbocycles. The molecule has 0 saturated heterocycles. The Morgan fingerprint density at radius 3 is 2.44 bits per heavy atom. The summed E-state index contributed by atoms with van der Waals surface area (Å²) in [6.45, 7) is 5.57. The molecule has 1 heterocycles. The second-order valence-electron chi connectivity index (χ2n) is 4.16. The van der Waals surface area contributed by atoms with Crippen LogP contribution in [0.4, 0.5) is 0 Å². The Hall–Kier alpha value is -0.980. The van der Waals surface area contributed by atoms with Gasteiger partial charge in [-0.05, 0) is 12.8 Å². The fourth-order valence-corrected chi connectivity index (χ4v) is 1.38. The topological polar surface area (TPSA) is 94.4 Å². The highest BCUT2D eigenvalue weighted by molar-refractivity contribution is 4.97. The molecule has 16 heavy (non-hydrogen) atoms. The fourth-order valence-electron chi connectivity index (χ4n) is 1.38. The summed E-state index contributed by atoms with van der Waals surface area (Å²) >= 11 is 0. The van der Waals surface area contributed by atoms with Gasteiger partial charge in [0.2, 0.25) is 11.7 Å². The van der Waals surface area contributed by atoms with Gasteiger partial charge in [-0.2, -0.15) is 4.98 Å². The van der Waals surface area contributed by atoms with Crippen LogP contribution in [0.3, 0.4) is 0 Å². The molecule has 0 aromatic carbocycles. The van der Waals surface area contributed by atoms with E-state index in [1.54, 1.807) is 14.0 Å². The van der Waals surface area contributed by atoms with Crippen molar-refractivity contribution in [1.82, 2.24) is 10.1 Å². The van der Waals surface area contributed by atoms with Crippen LogP contribution in [0.25, 0.3) is 0 Å². The van der Waals surface area contributed by atoms with E-state index in [2.05, 4.69) is 10.1 Å². The van der Waals surface area contributed by atoms with Gasteiger partial charge >= 0.3 is 0 Å². The van der Waals surface area contributed by atoms with E-state index in [4.69, 9.17) is 15.0 Å². The zero-order chi connectivity index (χ0) is 12.3. The quantitative estimate of drug-likeness (QED) is 0.775. The van der Waals surface area contributed by atoms with E-state index < -0.39 is 12.1 Å². The van der Waals surface area contributed by atoms with Crippen LogP contribution in [0, 0.1) is 5.92 Å². The van der Waals surface area contributed by atoms with Gasteiger partial charge in [0.25, 0.3) is 0 Å². The van der Waals surface area contributed by atoms with E-state index in [-0.39, 0.29) is 17.9 Å². The van der Waals surface area contributed by atoms with Crippen LogP contribution in [-0.2, 0) is 4.74 Å². The number of aliphatic hydroxyl groups excluding tert-OH is 1. The molecule has 1 aromatic rings. The summed E-state index contributed by atoms with van der Waals surface area (Å²) in [6.07, 6.45) is -0.952. The van der Waals surface area contributed by atoms with Gasteiger partial charge < -0.3 is 20.1 Å². The second kappa shape index (κ2) is 5.38. The number of nitrogens with zero attached hydrogens (tertiary/aromatic N) is 2. The molecule has 0 aliphatic carbocycles. The average molecular weight is 229 g/mol. The lowest BCUT2D eigenvalue weighted by molar-refractivity contribution is 0.0555. The number of hydrogen-bond donors (Lipinski definition) is 2. The molecule has 1 aromatic heterocycles. The molecule has 0 amide bonds. The summed E-state index contributed by atoms with van der Waals surface area (Å²) in [4.78, 5) is 4.14. The van der Waals surface area contributed by atoms with Crippen LogP contribution in [0.15, 0.2) is 4.52 Å². The lowest BCUT2D eigenvalue weighted by atomic mass is 10.1. The molecular weight excluding hydrogens is 210 g/mol. The van der Waals surface area contributed by atoms with E-state index in [0.717, 1.165) is 0 Å². The number of ether oxygens (including phenoxy) is 1. The van der Waals surface area contributed by atoms with Crippen molar-refractivity contribution in [3.63, 3.8) is 0 Å². The second-order valence-corrected chi connectivity index (χ2v) is 4.16. The van der Waals surface area contributed by atoms with Gasteiger partial charge in [-0.3, -0.25) is 0 Å². The molecule has 0 spiro atoms. The smallest absolute Gasteiger partial charge is 0.246 e. The summed E-state index contributed by atoms with van der Waals surface area (Å²) in [7, 11) is 1.59. The number of nitrogens with two attached hydrogens (primary N) is 1. The molecule has 0 aliphatic heterocycles. The maximum absolute atomic E-state index is 9.30. The summed E-state index contributed by atoms with van der Waals surface area (Å²) < 4.78 is 10.3. The van der Waals surface area contributed by atoms with Crippen LogP contribution in [0.1, 0.15) is 44.6 Å². The molecule has 3 unspecified atom stereocenters. The standard InChI is InChI=1S/C10H19N3O3/c1-5(2)8(15-4)9-12-10(16-13-9)7(11)6(3)14/h5-8,14H,11H2,1-4H3. The Morgan fingerprint density at radius 1 is 1.38 bits per heavy atom. The van der Waals surface area contributed by atoms with Crippen LogP contribution in [0.5, 0.6) is 0 Å². The molecule has 1 rings (SSSR count). The van der Waals surface area contributed by atoms with E-state index in [9.17, 15) is 5.11 Å². The maximum Gasteiger partial charge on any atom is 0.246 e. The van der Waals surface area contributed by atoms with E-state index in [1.807, 2.05) is 13.8 Å². The zero-order valence-electron chi connectivity index (χ0n) is 10.0. The first-order valence-electron chi connectivity index (χ1n) is 5.27. The normalized spacial score (nSPS) is 17.4. The maximum atomic E-state index is 9.30. The van der Waals surface area contributed by atoms with Gasteiger partial charge in [-0.15, -0.1) is 0 Å². The van der Waals surface area contributed by atoms with Gasteiger partial charge in [-0.25, -0.2) is 0 Å². The van der Waals surface area contributed by atoms with Crippen molar-refractivity contribution >= 4 is 0 Å². The Kier molecular flexibility index (Phi) is 4.40. The van der Waals surface area contributed by atoms with Crippen molar-refractivity contribution in [1.29, 1.82) is 0 Å².